The first-order valence-electron chi connectivity index (χ1n) is 4.76. The van der Waals surface area contributed by atoms with E-state index in [1.807, 2.05) is 0 Å². The molecule has 1 nitrogen and oxygen atoms in total. The van der Waals surface area contributed by atoms with Crippen LogP contribution < -0.4 is 5.32 Å². The van der Waals surface area contributed by atoms with Crippen LogP contribution in [-0.4, -0.2) is 0 Å². The van der Waals surface area contributed by atoms with E-state index in [9.17, 15) is 0 Å². The molecule has 4 heteroatoms. The summed E-state index contributed by atoms with van der Waals surface area (Å²) in [5, 5.41) is 5.63. The highest BCUT2D eigenvalue weighted by Gasteiger charge is 2.07. The van der Waals surface area contributed by atoms with Gasteiger partial charge in [0.1, 0.15) is 0 Å². The Morgan fingerprint density at radius 3 is 2.87 bits per heavy atom. The first-order valence-corrected chi connectivity index (χ1v) is 7.25. The average Bonchev–Trinajstić information content (AvgIpc) is 2.84. The van der Waals surface area contributed by atoms with Gasteiger partial charge >= 0.3 is 0 Å². The van der Waals surface area contributed by atoms with Gasteiger partial charge in [0.15, 0.2) is 0 Å². The molecule has 0 aliphatic rings. The summed E-state index contributed by atoms with van der Waals surface area (Å²) < 4.78 is 1.20. The number of halogens is 1. The van der Waals surface area contributed by atoms with Crippen LogP contribution in [-0.2, 0) is 6.54 Å². The van der Waals surface area contributed by atoms with Crippen molar-refractivity contribution in [2.45, 2.75) is 19.5 Å². The quantitative estimate of drug-likeness (QED) is 0.881. The normalized spacial score (nSPS) is 12.9. The lowest BCUT2D eigenvalue weighted by Crippen LogP contribution is -2.16. The van der Waals surface area contributed by atoms with E-state index >= 15 is 0 Å². The van der Waals surface area contributed by atoms with Crippen LogP contribution in [0.2, 0.25) is 0 Å². The largest absolute Gasteiger partial charge is 0.305 e. The van der Waals surface area contributed by atoms with Crippen LogP contribution in [0.15, 0.2) is 33.4 Å². The van der Waals surface area contributed by atoms with Crippen molar-refractivity contribution in [2.24, 2.45) is 0 Å². The molecule has 0 aromatic carbocycles. The monoisotopic (exact) mass is 301 g/mol. The third-order valence-corrected chi connectivity index (χ3v) is 4.87. The Balaban J connectivity index is 1.90. The Morgan fingerprint density at radius 1 is 1.40 bits per heavy atom. The third-order valence-electron chi connectivity index (χ3n) is 2.18. The molecule has 0 aliphatic heterocycles. The van der Waals surface area contributed by atoms with Gasteiger partial charge in [0.2, 0.25) is 0 Å². The summed E-state index contributed by atoms with van der Waals surface area (Å²) in [6, 6.07) is 8.94. The van der Waals surface area contributed by atoms with Gasteiger partial charge in [-0.3, -0.25) is 0 Å². The molecular formula is C11H12BrNS2. The molecule has 0 bridgehead atoms. The standard InChI is InChI=1S/C11H12BrNS2/c1-8(10-4-5-11(12)15-10)13-7-9-3-2-6-14-9/h2-6,8,13H,7H2,1H3. The molecule has 0 fully saturated rings. The fourth-order valence-corrected chi connectivity index (χ4v) is 3.43. The van der Waals surface area contributed by atoms with Crippen LogP contribution in [0.5, 0.6) is 0 Å². The lowest BCUT2D eigenvalue weighted by molar-refractivity contribution is 0.587. The Labute approximate surface area is 106 Å². The molecule has 2 aromatic rings. The minimum absolute atomic E-state index is 0.420. The molecule has 0 saturated heterocycles. The lowest BCUT2D eigenvalue weighted by Gasteiger charge is -2.10. The maximum atomic E-state index is 3.51. The highest BCUT2D eigenvalue weighted by Crippen LogP contribution is 2.27. The minimum Gasteiger partial charge on any atom is -0.305 e. The van der Waals surface area contributed by atoms with Gasteiger partial charge in [-0.2, -0.15) is 0 Å². The van der Waals surface area contributed by atoms with Crippen LogP contribution in [0.4, 0.5) is 0 Å². The van der Waals surface area contributed by atoms with Crippen molar-refractivity contribution >= 4 is 38.6 Å². The molecular weight excluding hydrogens is 290 g/mol. The predicted molar refractivity (Wildman–Crippen MR) is 71.6 cm³/mol. The number of thiophene rings is 2. The summed E-state index contributed by atoms with van der Waals surface area (Å²) in [5.41, 5.74) is 0. The van der Waals surface area contributed by atoms with E-state index < -0.39 is 0 Å². The Bertz CT molecular complexity index is 408. The van der Waals surface area contributed by atoms with Crippen molar-refractivity contribution in [1.29, 1.82) is 0 Å². The van der Waals surface area contributed by atoms with Gasteiger partial charge in [-0.25, -0.2) is 0 Å². The second kappa shape index (κ2) is 5.25. The molecule has 0 amide bonds. The highest BCUT2D eigenvalue weighted by atomic mass is 79.9. The second-order valence-corrected chi connectivity index (χ2v) is 6.85. The van der Waals surface area contributed by atoms with Gasteiger partial charge in [0, 0.05) is 22.3 Å². The number of rotatable bonds is 4. The lowest BCUT2D eigenvalue weighted by atomic mass is 10.3. The fraction of sp³-hybridized carbons (Fsp3) is 0.273. The van der Waals surface area contributed by atoms with Crippen molar-refractivity contribution in [3.05, 3.63) is 43.2 Å². The summed E-state index contributed by atoms with van der Waals surface area (Å²) in [6.45, 7) is 3.15. The van der Waals surface area contributed by atoms with Gasteiger partial charge in [0.25, 0.3) is 0 Å². The zero-order chi connectivity index (χ0) is 10.7. The highest BCUT2D eigenvalue weighted by molar-refractivity contribution is 9.11. The maximum Gasteiger partial charge on any atom is 0.0701 e. The van der Waals surface area contributed by atoms with Gasteiger partial charge in [0.05, 0.1) is 3.79 Å². The summed E-state index contributed by atoms with van der Waals surface area (Å²) in [5.74, 6) is 0. The molecule has 0 spiro atoms. The molecule has 0 aliphatic carbocycles. The Kier molecular flexibility index (Phi) is 3.97. The molecule has 1 N–H and O–H groups in total. The van der Waals surface area contributed by atoms with Crippen LogP contribution >= 0.6 is 38.6 Å². The van der Waals surface area contributed by atoms with Crippen molar-refractivity contribution in [3.8, 4) is 0 Å². The van der Waals surface area contributed by atoms with Gasteiger partial charge < -0.3 is 5.32 Å². The van der Waals surface area contributed by atoms with Crippen molar-refractivity contribution < 1.29 is 0 Å². The molecule has 2 heterocycles. The number of nitrogens with one attached hydrogen (secondary N) is 1. The summed E-state index contributed by atoms with van der Waals surface area (Å²) in [4.78, 5) is 2.76. The molecule has 2 aromatic heterocycles. The van der Waals surface area contributed by atoms with Crippen molar-refractivity contribution in [3.63, 3.8) is 0 Å². The predicted octanol–water partition coefficient (Wildman–Crippen LogP) is 4.42. The SMILES string of the molecule is CC(NCc1cccs1)c1ccc(Br)s1. The topological polar surface area (TPSA) is 12.0 Å². The fourth-order valence-electron chi connectivity index (χ4n) is 1.33. The van der Waals surface area contributed by atoms with Crippen LogP contribution in [0.3, 0.4) is 0 Å². The first kappa shape index (κ1) is 11.3. The van der Waals surface area contributed by atoms with Gasteiger partial charge in [-0.1, -0.05) is 6.07 Å². The van der Waals surface area contributed by atoms with E-state index in [2.05, 4.69) is 57.8 Å². The number of hydrogen-bond donors (Lipinski definition) is 1. The summed E-state index contributed by atoms with van der Waals surface area (Å²) >= 11 is 7.07. The van der Waals surface area contributed by atoms with E-state index in [0.29, 0.717) is 6.04 Å². The number of hydrogen-bond acceptors (Lipinski definition) is 3. The zero-order valence-corrected chi connectivity index (χ0v) is 11.6. The van der Waals surface area contributed by atoms with Crippen LogP contribution in [0, 0.1) is 0 Å². The van der Waals surface area contributed by atoms with E-state index in [0.717, 1.165) is 6.54 Å². The molecule has 15 heavy (non-hydrogen) atoms. The van der Waals surface area contributed by atoms with E-state index in [-0.39, 0.29) is 0 Å². The van der Waals surface area contributed by atoms with E-state index in [1.165, 1.54) is 13.5 Å². The summed E-state index contributed by atoms with van der Waals surface area (Å²) in [7, 11) is 0. The van der Waals surface area contributed by atoms with Crippen molar-refractivity contribution in [1.82, 2.24) is 5.32 Å². The molecule has 0 radical (unpaired) electrons. The minimum atomic E-state index is 0.420. The van der Waals surface area contributed by atoms with Crippen LogP contribution in [0.25, 0.3) is 0 Å². The second-order valence-electron chi connectivity index (χ2n) is 3.32. The molecule has 1 unspecified atom stereocenters. The molecule has 0 saturated carbocycles. The average molecular weight is 302 g/mol. The smallest absolute Gasteiger partial charge is 0.0701 e. The first-order chi connectivity index (χ1) is 7.25. The Morgan fingerprint density at radius 2 is 2.27 bits per heavy atom. The van der Waals surface area contributed by atoms with Crippen molar-refractivity contribution in [2.75, 3.05) is 0 Å². The van der Waals surface area contributed by atoms with Gasteiger partial charge in [-0.05, 0) is 46.4 Å². The zero-order valence-electron chi connectivity index (χ0n) is 8.37. The molecule has 80 valence electrons. The van der Waals surface area contributed by atoms with E-state index in [1.54, 1.807) is 22.7 Å². The van der Waals surface area contributed by atoms with Gasteiger partial charge in [-0.15, -0.1) is 22.7 Å². The maximum absolute atomic E-state index is 3.51. The van der Waals surface area contributed by atoms with Crippen LogP contribution in [0.1, 0.15) is 22.7 Å². The van der Waals surface area contributed by atoms with E-state index in [4.69, 9.17) is 0 Å². The molecule has 2 rings (SSSR count). The Hall–Kier alpha value is -0.160. The summed E-state index contributed by atoms with van der Waals surface area (Å²) in [6.07, 6.45) is 0. The molecule has 1 atom stereocenters. The third kappa shape index (κ3) is 3.14.